The Kier molecular flexibility index (Phi) is 8.63. The molecule has 3 aromatic rings. The number of thiophene rings is 1. The summed E-state index contributed by atoms with van der Waals surface area (Å²) < 4.78 is 29.3. The van der Waals surface area contributed by atoms with Gasteiger partial charge in [0.2, 0.25) is 0 Å². The van der Waals surface area contributed by atoms with Crippen LogP contribution in [-0.2, 0) is 16.6 Å². The molecule has 184 valence electrons. The van der Waals surface area contributed by atoms with Crippen LogP contribution in [0.5, 0.6) is 0 Å². The summed E-state index contributed by atoms with van der Waals surface area (Å²) in [5.74, 6) is 0. The van der Waals surface area contributed by atoms with E-state index >= 15 is 0 Å². The maximum absolute atomic E-state index is 13.2. The minimum absolute atomic E-state index is 0.0293. The molecule has 35 heavy (non-hydrogen) atoms. The van der Waals surface area contributed by atoms with E-state index in [0.717, 1.165) is 11.3 Å². The molecule has 0 aliphatic carbocycles. The van der Waals surface area contributed by atoms with Gasteiger partial charge in [0.1, 0.15) is 9.90 Å². The van der Waals surface area contributed by atoms with Crippen LogP contribution in [0, 0.1) is 0 Å². The van der Waals surface area contributed by atoms with E-state index in [2.05, 4.69) is 22.3 Å². The van der Waals surface area contributed by atoms with E-state index in [1.807, 2.05) is 13.0 Å². The Bertz CT molecular complexity index is 1340. The van der Waals surface area contributed by atoms with Crippen molar-refractivity contribution in [3.8, 4) is 10.6 Å². The van der Waals surface area contributed by atoms with Crippen molar-refractivity contribution in [2.75, 3.05) is 23.3 Å². The average molecular weight is 514 g/mol. The number of hydrogen-bond donors (Lipinski definition) is 3. The Morgan fingerprint density at radius 2 is 1.97 bits per heavy atom. The smallest absolute Gasteiger partial charge is 0.323 e. The van der Waals surface area contributed by atoms with Crippen LogP contribution in [0.2, 0.25) is 0 Å². The zero-order chi connectivity index (χ0) is 25.4. The summed E-state index contributed by atoms with van der Waals surface area (Å²) in [6.45, 7) is 5.86. The lowest BCUT2D eigenvalue weighted by Gasteiger charge is -2.19. The van der Waals surface area contributed by atoms with E-state index in [0.29, 0.717) is 34.2 Å². The zero-order valence-corrected chi connectivity index (χ0v) is 21.0. The van der Waals surface area contributed by atoms with Crippen molar-refractivity contribution < 1.29 is 18.3 Å². The Morgan fingerprint density at radius 3 is 2.63 bits per heavy atom. The van der Waals surface area contributed by atoms with Crippen LogP contribution < -0.4 is 14.9 Å². The molecule has 9 nitrogen and oxygen atoms in total. The molecule has 3 N–H and O–H groups in total. The third kappa shape index (κ3) is 6.47. The van der Waals surface area contributed by atoms with Gasteiger partial charge in [0.05, 0.1) is 23.7 Å². The fourth-order valence-corrected chi connectivity index (χ4v) is 5.64. The number of anilines is 2. The molecule has 3 rings (SSSR count). The fraction of sp³-hybridized carbons (Fsp3) is 0.167. The quantitative estimate of drug-likeness (QED) is 0.352. The lowest BCUT2D eigenvalue weighted by molar-refractivity contribution is 0.254. The number of allylic oxidation sites excluding steroid dienone is 4. The van der Waals surface area contributed by atoms with E-state index in [1.165, 1.54) is 17.4 Å². The second kappa shape index (κ2) is 11.6. The number of nitrogens with zero attached hydrogens (tertiary/aromatic N) is 3. The highest BCUT2D eigenvalue weighted by molar-refractivity contribution is 7.94. The average Bonchev–Trinajstić information content (AvgIpc) is 3.52. The maximum atomic E-state index is 13.2. The molecule has 0 saturated carbocycles. The predicted octanol–water partition coefficient (Wildman–Crippen LogP) is 4.20. The van der Waals surface area contributed by atoms with Crippen molar-refractivity contribution in [3.63, 3.8) is 0 Å². The lowest BCUT2D eigenvalue weighted by Crippen LogP contribution is -2.27. The van der Waals surface area contributed by atoms with Crippen molar-refractivity contribution in [2.24, 2.45) is 0 Å². The van der Waals surface area contributed by atoms with E-state index in [1.54, 1.807) is 65.5 Å². The van der Waals surface area contributed by atoms with Gasteiger partial charge in [-0.1, -0.05) is 18.7 Å². The molecule has 0 saturated heterocycles. The highest BCUT2D eigenvalue weighted by atomic mass is 32.2. The summed E-state index contributed by atoms with van der Waals surface area (Å²) in [4.78, 5) is 12.9. The third-order valence-corrected chi connectivity index (χ3v) is 8.21. The van der Waals surface area contributed by atoms with Gasteiger partial charge in [-0.3, -0.25) is 8.99 Å². The predicted molar refractivity (Wildman–Crippen MR) is 140 cm³/mol. The second-order valence-electron chi connectivity index (χ2n) is 7.26. The van der Waals surface area contributed by atoms with E-state index in [-0.39, 0.29) is 10.8 Å². The van der Waals surface area contributed by atoms with E-state index in [9.17, 15) is 13.2 Å². The van der Waals surface area contributed by atoms with Crippen molar-refractivity contribution in [1.82, 2.24) is 15.1 Å². The highest BCUT2D eigenvalue weighted by Crippen LogP contribution is 2.33. The molecule has 0 bridgehead atoms. The molecule has 2 amide bonds. The first kappa shape index (κ1) is 25.9. The standard InChI is InChI=1S/C24H27N5O4S2/c1-4-6-7-18(5-2)25-24(31)26-19-8-10-20(11-9-19)28(3)35(32,33)23-13-12-22(34-23)21-14-15-29(27-21)16-17-30/h4-15,30H,2,16-17H2,1,3H3,(H2,25,26,31)/b6-4-,18-7+. The number of aliphatic hydroxyl groups is 1. The van der Waals surface area contributed by atoms with Crippen molar-refractivity contribution in [2.45, 2.75) is 17.7 Å². The Labute approximate surface area is 208 Å². The molecule has 2 heterocycles. The van der Waals surface area contributed by atoms with Crippen LogP contribution in [0.4, 0.5) is 16.2 Å². The number of aliphatic hydroxyl groups excluding tert-OH is 1. The number of urea groups is 1. The minimum Gasteiger partial charge on any atom is -0.394 e. The summed E-state index contributed by atoms with van der Waals surface area (Å²) in [6, 6.07) is 11.1. The van der Waals surface area contributed by atoms with Crippen molar-refractivity contribution in [3.05, 3.63) is 85.2 Å². The van der Waals surface area contributed by atoms with Crippen LogP contribution in [0.1, 0.15) is 6.92 Å². The van der Waals surface area contributed by atoms with Crippen LogP contribution in [0.3, 0.4) is 0 Å². The molecule has 0 radical (unpaired) electrons. The van der Waals surface area contributed by atoms with Crippen molar-refractivity contribution >= 4 is 38.8 Å². The van der Waals surface area contributed by atoms with Gasteiger partial charge in [-0.15, -0.1) is 11.3 Å². The zero-order valence-electron chi connectivity index (χ0n) is 19.4. The first-order chi connectivity index (χ1) is 16.8. The molecule has 0 aliphatic rings. The molecule has 0 unspecified atom stereocenters. The molecule has 0 fully saturated rings. The lowest BCUT2D eigenvalue weighted by atomic mass is 10.3. The number of rotatable bonds is 10. The fourth-order valence-electron chi connectivity index (χ4n) is 3.00. The number of hydrogen-bond acceptors (Lipinski definition) is 6. The molecule has 2 aromatic heterocycles. The topological polar surface area (TPSA) is 117 Å². The number of amides is 2. The number of nitrogens with one attached hydrogen (secondary N) is 2. The number of sulfonamides is 1. The van der Waals surface area contributed by atoms with Crippen LogP contribution >= 0.6 is 11.3 Å². The van der Waals surface area contributed by atoms with Crippen LogP contribution in [0.25, 0.3) is 10.6 Å². The van der Waals surface area contributed by atoms with E-state index in [4.69, 9.17) is 5.11 Å². The number of carbonyl (C=O) groups excluding carboxylic acids is 1. The van der Waals surface area contributed by atoms with Gasteiger partial charge in [0.25, 0.3) is 10.0 Å². The van der Waals surface area contributed by atoms with Gasteiger partial charge in [-0.05, 0) is 61.5 Å². The SMILES string of the molecule is C=C/C(=C\C=C/C)NC(=O)Nc1ccc(N(C)S(=O)(=O)c2ccc(-c3ccn(CCO)n3)s2)cc1. The Hall–Kier alpha value is -3.67. The van der Waals surface area contributed by atoms with E-state index < -0.39 is 16.1 Å². The summed E-state index contributed by atoms with van der Waals surface area (Å²) in [5.41, 5.74) is 2.13. The van der Waals surface area contributed by atoms with Gasteiger partial charge in [-0.25, -0.2) is 13.2 Å². The van der Waals surface area contributed by atoms with Gasteiger partial charge in [0.15, 0.2) is 0 Å². The minimum atomic E-state index is -3.79. The summed E-state index contributed by atoms with van der Waals surface area (Å²) in [6.07, 6.45) is 8.59. The van der Waals surface area contributed by atoms with Gasteiger partial charge in [0, 0.05) is 24.6 Å². The first-order valence-electron chi connectivity index (χ1n) is 10.7. The monoisotopic (exact) mass is 513 g/mol. The van der Waals surface area contributed by atoms with Gasteiger partial charge in [-0.2, -0.15) is 5.10 Å². The maximum Gasteiger partial charge on any atom is 0.323 e. The molecule has 0 atom stereocenters. The summed E-state index contributed by atoms with van der Waals surface area (Å²) >= 11 is 1.12. The molecule has 0 spiro atoms. The van der Waals surface area contributed by atoms with Gasteiger partial charge < -0.3 is 15.7 Å². The van der Waals surface area contributed by atoms with Gasteiger partial charge >= 0.3 is 6.03 Å². The summed E-state index contributed by atoms with van der Waals surface area (Å²) in [7, 11) is -2.32. The van der Waals surface area contributed by atoms with Crippen LogP contribution in [-0.4, -0.2) is 43.0 Å². The van der Waals surface area contributed by atoms with Crippen LogP contribution in [0.15, 0.2) is 89.5 Å². The number of benzene rings is 1. The molecule has 1 aromatic carbocycles. The first-order valence-corrected chi connectivity index (χ1v) is 12.9. The highest BCUT2D eigenvalue weighted by Gasteiger charge is 2.24. The van der Waals surface area contributed by atoms with Crippen molar-refractivity contribution in [1.29, 1.82) is 0 Å². The Balaban J connectivity index is 1.69. The molecular weight excluding hydrogens is 486 g/mol. The largest absolute Gasteiger partial charge is 0.394 e. The third-order valence-electron chi connectivity index (χ3n) is 4.85. The molecular formula is C24H27N5O4S2. The normalized spacial score (nSPS) is 12.0. The molecule has 11 heteroatoms. The number of aromatic nitrogens is 2. The second-order valence-corrected chi connectivity index (χ2v) is 10.5. The summed E-state index contributed by atoms with van der Waals surface area (Å²) in [5, 5.41) is 18.8. The molecule has 0 aliphatic heterocycles. The number of carbonyl (C=O) groups is 1. The Morgan fingerprint density at radius 1 is 1.23 bits per heavy atom.